The van der Waals surface area contributed by atoms with Crippen LogP contribution in [0.3, 0.4) is 0 Å². The number of nitrogens with two attached hydrogens (primary N) is 1. The van der Waals surface area contributed by atoms with Crippen LogP contribution in [-0.4, -0.2) is 36.2 Å². The SMILES string of the molecule is Cc1nn(C)c(C)c1NC(=O)[C@@H](C)OC(=O)c1cc(S(N)(=O)=O)ccc1Cl. The van der Waals surface area contributed by atoms with Crippen LogP contribution < -0.4 is 10.5 Å². The number of sulfonamides is 1. The molecule has 0 spiro atoms. The number of halogens is 1. The summed E-state index contributed by atoms with van der Waals surface area (Å²) in [5.41, 5.74) is 1.67. The van der Waals surface area contributed by atoms with Gasteiger partial charge in [0.05, 0.1) is 32.6 Å². The molecule has 2 rings (SSSR count). The Balaban J connectivity index is 2.17. The van der Waals surface area contributed by atoms with Crippen LogP contribution >= 0.6 is 11.6 Å². The molecule has 1 amide bonds. The zero-order chi connectivity index (χ0) is 20.5. The number of hydrogen-bond acceptors (Lipinski definition) is 6. The van der Waals surface area contributed by atoms with Gasteiger partial charge in [0.2, 0.25) is 10.0 Å². The molecule has 0 saturated carbocycles. The summed E-state index contributed by atoms with van der Waals surface area (Å²) >= 11 is 5.93. The van der Waals surface area contributed by atoms with E-state index in [1.54, 1.807) is 25.6 Å². The molecule has 1 aromatic heterocycles. The van der Waals surface area contributed by atoms with Gasteiger partial charge in [-0.2, -0.15) is 5.10 Å². The number of esters is 1. The number of rotatable bonds is 5. The third-order valence-electron chi connectivity index (χ3n) is 3.90. The predicted molar refractivity (Wildman–Crippen MR) is 99.0 cm³/mol. The molecule has 1 aromatic carbocycles. The highest BCUT2D eigenvalue weighted by atomic mass is 35.5. The third kappa shape index (κ3) is 4.65. The van der Waals surface area contributed by atoms with Crippen LogP contribution in [0.2, 0.25) is 5.02 Å². The van der Waals surface area contributed by atoms with E-state index in [2.05, 4.69) is 10.4 Å². The molecule has 0 radical (unpaired) electrons. The van der Waals surface area contributed by atoms with E-state index >= 15 is 0 Å². The van der Waals surface area contributed by atoms with E-state index in [9.17, 15) is 18.0 Å². The number of anilines is 1. The fourth-order valence-corrected chi connectivity index (χ4v) is 3.03. The average molecular weight is 415 g/mol. The zero-order valence-electron chi connectivity index (χ0n) is 15.1. The summed E-state index contributed by atoms with van der Waals surface area (Å²) in [5, 5.41) is 11.9. The number of nitrogens with zero attached hydrogens (tertiary/aromatic N) is 2. The van der Waals surface area contributed by atoms with Gasteiger partial charge in [0.25, 0.3) is 5.91 Å². The molecule has 0 aliphatic heterocycles. The standard InChI is InChI=1S/C16H19ClN4O5S/c1-8-14(9(2)21(4)20-8)19-15(22)10(3)26-16(23)12-7-11(27(18,24)25)5-6-13(12)17/h5-7,10H,1-4H3,(H,19,22)(H2,18,24,25)/t10-/m1/s1. The molecule has 0 saturated heterocycles. The lowest BCUT2D eigenvalue weighted by molar-refractivity contribution is -0.123. The van der Waals surface area contributed by atoms with Gasteiger partial charge < -0.3 is 10.1 Å². The number of carbonyl (C=O) groups excluding carboxylic acids is 2. The fourth-order valence-electron chi connectivity index (χ4n) is 2.29. The molecule has 0 bridgehead atoms. The quantitative estimate of drug-likeness (QED) is 0.712. The first-order chi connectivity index (χ1) is 12.4. The molecule has 0 aliphatic rings. The Morgan fingerprint density at radius 1 is 1.33 bits per heavy atom. The number of aromatic nitrogens is 2. The van der Waals surface area contributed by atoms with E-state index in [1.807, 2.05) is 0 Å². The first-order valence-electron chi connectivity index (χ1n) is 7.76. The van der Waals surface area contributed by atoms with Crippen molar-refractivity contribution in [1.82, 2.24) is 9.78 Å². The summed E-state index contributed by atoms with van der Waals surface area (Å²) in [6.07, 6.45) is -1.16. The van der Waals surface area contributed by atoms with E-state index in [-0.39, 0.29) is 15.5 Å². The third-order valence-corrected chi connectivity index (χ3v) is 5.14. The summed E-state index contributed by atoms with van der Waals surface area (Å²) in [7, 11) is -2.29. The smallest absolute Gasteiger partial charge is 0.340 e. The Morgan fingerprint density at radius 3 is 2.48 bits per heavy atom. The van der Waals surface area contributed by atoms with Crippen LogP contribution in [0.1, 0.15) is 28.7 Å². The maximum atomic E-state index is 12.3. The minimum atomic E-state index is -4.02. The lowest BCUT2D eigenvalue weighted by Gasteiger charge is -2.14. The van der Waals surface area contributed by atoms with Crippen LogP contribution in [0.25, 0.3) is 0 Å². The molecule has 27 heavy (non-hydrogen) atoms. The summed E-state index contributed by atoms with van der Waals surface area (Å²) in [6.45, 7) is 4.90. The Labute approximate surface area is 161 Å². The maximum Gasteiger partial charge on any atom is 0.340 e. The molecule has 2 aromatic rings. The van der Waals surface area contributed by atoms with Crippen LogP contribution in [0.4, 0.5) is 5.69 Å². The van der Waals surface area contributed by atoms with Crippen LogP contribution in [0, 0.1) is 13.8 Å². The second-order valence-corrected chi connectivity index (χ2v) is 7.86. The van der Waals surface area contributed by atoms with Crippen LogP contribution in [-0.2, 0) is 26.6 Å². The number of aryl methyl sites for hydroxylation is 2. The first kappa shape index (κ1) is 20.9. The van der Waals surface area contributed by atoms with Crippen molar-refractivity contribution in [2.24, 2.45) is 12.2 Å². The minimum Gasteiger partial charge on any atom is -0.449 e. The number of primary sulfonamides is 1. The van der Waals surface area contributed by atoms with E-state index in [4.69, 9.17) is 21.5 Å². The summed E-state index contributed by atoms with van der Waals surface area (Å²) < 4.78 is 29.6. The van der Waals surface area contributed by atoms with Gasteiger partial charge in [-0.1, -0.05) is 11.6 Å². The number of nitrogens with one attached hydrogen (secondary N) is 1. The van der Waals surface area contributed by atoms with Crippen molar-refractivity contribution in [3.05, 3.63) is 40.2 Å². The lowest BCUT2D eigenvalue weighted by atomic mass is 10.2. The molecular formula is C16H19ClN4O5S. The van der Waals surface area contributed by atoms with Crippen molar-refractivity contribution < 1.29 is 22.7 Å². The maximum absolute atomic E-state index is 12.3. The number of carbonyl (C=O) groups is 2. The minimum absolute atomic E-state index is 0.0287. The van der Waals surface area contributed by atoms with Crippen LogP contribution in [0.5, 0.6) is 0 Å². The molecule has 0 unspecified atom stereocenters. The topological polar surface area (TPSA) is 133 Å². The number of amides is 1. The van der Waals surface area contributed by atoms with Crippen molar-refractivity contribution in [1.29, 1.82) is 0 Å². The van der Waals surface area contributed by atoms with Gasteiger partial charge in [-0.15, -0.1) is 0 Å². The van der Waals surface area contributed by atoms with E-state index in [0.29, 0.717) is 11.4 Å². The van der Waals surface area contributed by atoms with E-state index < -0.39 is 28.0 Å². The molecule has 11 heteroatoms. The molecular weight excluding hydrogens is 396 g/mol. The van der Waals surface area contributed by atoms with Crippen molar-refractivity contribution in [2.75, 3.05) is 5.32 Å². The van der Waals surface area contributed by atoms with E-state index in [0.717, 1.165) is 11.8 Å². The molecule has 9 nitrogen and oxygen atoms in total. The first-order valence-corrected chi connectivity index (χ1v) is 9.68. The molecule has 1 atom stereocenters. The van der Waals surface area contributed by atoms with Crippen molar-refractivity contribution in [2.45, 2.75) is 31.8 Å². The predicted octanol–water partition coefficient (Wildman–Crippen LogP) is 1.52. The fraction of sp³-hybridized carbons (Fsp3) is 0.312. The van der Waals surface area contributed by atoms with Crippen LogP contribution in [0.15, 0.2) is 23.1 Å². The Bertz CT molecular complexity index is 1020. The highest BCUT2D eigenvalue weighted by molar-refractivity contribution is 7.89. The van der Waals surface area contributed by atoms with Gasteiger partial charge in [-0.3, -0.25) is 9.48 Å². The second kappa shape index (κ2) is 7.67. The Hall–Kier alpha value is -2.43. The Morgan fingerprint density at radius 2 is 1.96 bits per heavy atom. The number of ether oxygens (including phenoxy) is 1. The molecule has 0 aliphatic carbocycles. The largest absolute Gasteiger partial charge is 0.449 e. The van der Waals surface area contributed by atoms with Gasteiger partial charge in [0.15, 0.2) is 6.10 Å². The van der Waals surface area contributed by atoms with Gasteiger partial charge in [0.1, 0.15) is 0 Å². The highest BCUT2D eigenvalue weighted by Crippen LogP contribution is 2.22. The zero-order valence-corrected chi connectivity index (χ0v) is 16.7. The van der Waals surface area contributed by atoms with Crippen molar-refractivity contribution in [3.8, 4) is 0 Å². The second-order valence-electron chi connectivity index (χ2n) is 5.89. The molecule has 1 heterocycles. The molecule has 0 fully saturated rings. The molecule has 146 valence electrons. The highest BCUT2D eigenvalue weighted by Gasteiger charge is 2.24. The van der Waals surface area contributed by atoms with E-state index in [1.165, 1.54) is 19.1 Å². The van der Waals surface area contributed by atoms with Crippen molar-refractivity contribution in [3.63, 3.8) is 0 Å². The monoisotopic (exact) mass is 414 g/mol. The van der Waals surface area contributed by atoms with Gasteiger partial charge in [-0.25, -0.2) is 18.4 Å². The summed E-state index contributed by atoms with van der Waals surface area (Å²) in [4.78, 5) is 24.3. The van der Waals surface area contributed by atoms with Gasteiger partial charge >= 0.3 is 5.97 Å². The van der Waals surface area contributed by atoms with Crippen molar-refractivity contribution >= 4 is 39.2 Å². The van der Waals surface area contributed by atoms with Gasteiger partial charge in [-0.05, 0) is 39.0 Å². The lowest BCUT2D eigenvalue weighted by Crippen LogP contribution is -2.30. The Kier molecular flexibility index (Phi) is 5.93. The number of hydrogen-bond donors (Lipinski definition) is 2. The summed E-state index contributed by atoms with van der Waals surface area (Å²) in [5.74, 6) is -1.52. The van der Waals surface area contributed by atoms with Gasteiger partial charge in [0, 0.05) is 7.05 Å². The normalized spacial score (nSPS) is 12.5. The average Bonchev–Trinajstić information content (AvgIpc) is 2.80. The number of benzene rings is 1. The summed E-state index contributed by atoms with van der Waals surface area (Å²) in [6, 6.07) is 3.38. The molecule has 3 N–H and O–H groups in total.